The van der Waals surface area contributed by atoms with Crippen LogP contribution < -0.4 is 5.32 Å². The lowest BCUT2D eigenvalue weighted by Gasteiger charge is -2.30. The van der Waals surface area contributed by atoms with E-state index in [-0.39, 0.29) is 11.8 Å². The Labute approximate surface area is 160 Å². The quantitative estimate of drug-likeness (QED) is 0.817. The molecule has 148 valence electrons. The summed E-state index contributed by atoms with van der Waals surface area (Å²) in [5, 5.41) is 2.97. The minimum Gasteiger partial charge on any atom is -0.350 e. The van der Waals surface area contributed by atoms with Gasteiger partial charge in [0.1, 0.15) is 5.82 Å². The molecular formula is C19H28N4O3S. The number of carbonyl (C=O) groups excluding carboxylic acids is 1. The minimum atomic E-state index is -3.23. The molecule has 1 N–H and O–H groups in total. The maximum Gasteiger partial charge on any atom is 0.272 e. The number of fused-ring (bicyclic) bond motifs is 1. The summed E-state index contributed by atoms with van der Waals surface area (Å²) in [6.45, 7) is 5.75. The Morgan fingerprint density at radius 3 is 2.89 bits per heavy atom. The Bertz CT molecular complexity index is 922. The van der Waals surface area contributed by atoms with Crippen LogP contribution in [0.2, 0.25) is 0 Å². The van der Waals surface area contributed by atoms with E-state index in [2.05, 4.69) is 24.1 Å². The van der Waals surface area contributed by atoms with Crippen molar-refractivity contribution in [2.24, 2.45) is 5.92 Å². The van der Waals surface area contributed by atoms with Gasteiger partial charge in [-0.1, -0.05) is 26.3 Å². The zero-order chi connectivity index (χ0) is 19.6. The zero-order valence-electron chi connectivity index (χ0n) is 16.2. The predicted molar refractivity (Wildman–Crippen MR) is 105 cm³/mol. The maximum absolute atomic E-state index is 12.7. The van der Waals surface area contributed by atoms with E-state index in [0.717, 1.165) is 30.6 Å². The summed E-state index contributed by atoms with van der Waals surface area (Å²) in [7, 11) is -3.23. The standard InChI is InChI=1S/C19H28N4O3S/c1-4-14(2)12-20-19(24)17-16-9-5-6-11-23(16)18(21-17)15-8-7-10-22(13-15)27(3,25)26/h5-6,9,11,14-15H,4,7-8,10,12-13H2,1-3H3,(H,20,24)/t14-,15+/m0/s1. The number of hydrogen-bond acceptors (Lipinski definition) is 4. The third-order valence-electron chi connectivity index (χ3n) is 5.32. The first-order valence-electron chi connectivity index (χ1n) is 9.51. The van der Waals surface area contributed by atoms with E-state index in [4.69, 9.17) is 0 Å². The molecule has 3 rings (SSSR count). The third-order valence-corrected chi connectivity index (χ3v) is 6.59. The smallest absolute Gasteiger partial charge is 0.272 e. The topological polar surface area (TPSA) is 83.8 Å². The molecule has 0 radical (unpaired) electrons. The van der Waals surface area contributed by atoms with Crippen LogP contribution in [0, 0.1) is 5.92 Å². The van der Waals surface area contributed by atoms with Crippen LogP contribution in [0.25, 0.3) is 5.52 Å². The van der Waals surface area contributed by atoms with Crippen LogP contribution in [0.1, 0.15) is 55.3 Å². The summed E-state index contributed by atoms with van der Waals surface area (Å²) < 4.78 is 27.3. The van der Waals surface area contributed by atoms with Crippen molar-refractivity contribution in [3.8, 4) is 0 Å². The second-order valence-electron chi connectivity index (χ2n) is 7.46. The van der Waals surface area contributed by atoms with E-state index in [1.54, 1.807) is 0 Å². The summed E-state index contributed by atoms with van der Waals surface area (Å²) in [6, 6.07) is 5.66. The van der Waals surface area contributed by atoms with Crippen molar-refractivity contribution >= 4 is 21.4 Å². The molecule has 1 aliphatic heterocycles. The molecule has 2 aromatic heterocycles. The van der Waals surface area contributed by atoms with Crippen molar-refractivity contribution in [3.05, 3.63) is 35.9 Å². The second kappa shape index (κ2) is 7.98. The zero-order valence-corrected chi connectivity index (χ0v) is 17.0. The van der Waals surface area contributed by atoms with Gasteiger partial charge in [-0.3, -0.25) is 4.79 Å². The van der Waals surface area contributed by atoms with Crippen LogP contribution in [-0.4, -0.2) is 53.9 Å². The molecule has 3 heterocycles. The van der Waals surface area contributed by atoms with Gasteiger partial charge in [-0.2, -0.15) is 0 Å². The van der Waals surface area contributed by atoms with E-state index in [1.807, 2.05) is 28.8 Å². The highest BCUT2D eigenvalue weighted by atomic mass is 32.2. The van der Waals surface area contributed by atoms with E-state index >= 15 is 0 Å². The third kappa shape index (κ3) is 4.32. The monoisotopic (exact) mass is 392 g/mol. The van der Waals surface area contributed by atoms with Crippen molar-refractivity contribution in [2.45, 2.75) is 39.0 Å². The van der Waals surface area contributed by atoms with Crippen molar-refractivity contribution in [1.29, 1.82) is 0 Å². The first kappa shape index (κ1) is 19.8. The van der Waals surface area contributed by atoms with E-state index in [9.17, 15) is 13.2 Å². The molecule has 1 amide bonds. The molecule has 0 aromatic carbocycles. The lowest BCUT2D eigenvalue weighted by Crippen LogP contribution is -2.38. The number of rotatable bonds is 6. The van der Waals surface area contributed by atoms with Gasteiger partial charge in [0.15, 0.2) is 5.69 Å². The van der Waals surface area contributed by atoms with Crippen LogP contribution in [0.5, 0.6) is 0 Å². The Balaban J connectivity index is 1.92. The summed E-state index contributed by atoms with van der Waals surface area (Å²) >= 11 is 0. The Kier molecular flexibility index (Phi) is 5.86. The van der Waals surface area contributed by atoms with Gasteiger partial charge in [0.25, 0.3) is 5.91 Å². The van der Waals surface area contributed by atoms with Crippen LogP contribution in [0.4, 0.5) is 0 Å². The molecule has 1 aliphatic rings. The van der Waals surface area contributed by atoms with Gasteiger partial charge in [0.05, 0.1) is 11.8 Å². The average Bonchev–Trinajstić information content (AvgIpc) is 3.05. The predicted octanol–water partition coefficient (Wildman–Crippen LogP) is 2.25. The number of sulfonamides is 1. The van der Waals surface area contributed by atoms with Gasteiger partial charge >= 0.3 is 0 Å². The number of piperidine rings is 1. The number of pyridine rings is 1. The van der Waals surface area contributed by atoms with Crippen molar-refractivity contribution in [3.63, 3.8) is 0 Å². The molecule has 1 saturated heterocycles. The second-order valence-corrected chi connectivity index (χ2v) is 9.44. The number of nitrogens with zero attached hydrogens (tertiary/aromatic N) is 3. The lowest BCUT2D eigenvalue weighted by atomic mass is 9.99. The van der Waals surface area contributed by atoms with Gasteiger partial charge < -0.3 is 9.72 Å². The van der Waals surface area contributed by atoms with Crippen LogP contribution in [0.3, 0.4) is 0 Å². The number of carbonyl (C=O) groups is 1. The highest BCUT2D eigenvalue weighted by Gasteiger charge is 2.30. The van der Waals surface area contributed by atoms with E-state index < -0.39 is 10.0 Å². The molecule has 1 fully saturated rings. The number of imidazole rings is 1. The lowest BCUT2D eigenvalue weighted by molar-refractivity contribution is 0.0944. The Hall–Kier alpha value is -1.93. The fraction of sp³-hybridized carbons (Fsp3) is 0.579. The van der Waals surface area contributed by atoms with Crippen LogP contribution in [-0.2, 0) is 10.0 Å². The van der Waals surface area contributed by atoms with Crippen molar-refractivity contribution in [1.82, 2.24) is 19.0 Å². The maximum atomic E-state index is 12.7. The average molecular weight is 393 g/mol. The van der Waals surface area contributed by atoms with Gasteiger partial charge in [-0.25, -0.2) is 17.7 Å². The molecule has 0 aliphatic carbocycles. The molecule has 7 nitrogen and oxygen atoms in total. The summed E-state index contributed by atoms with van der Waals surface area (Å²) in [6.07, 6.45) is 5.77. The number of amides is 1. The van der Waals surface area contributed by atoms with Gasteiger partial charge in [-0.05, 0) is 30.9 Å². The minimum absolute atomic E-state index is 0.0282. The molecule has 0 bridgehead atoms. The molecule has 0 unspecified atom stereocenters. The number of hydrogen-bond donors (Lipinski definition) is 1. The molecule has 0 spiro atoms. The normalized spacial score (nSPS) is 19.9. The Morgan fingerprint density at radius 1 is 1.41 bits per heavy atom. The van der Waals surface area contributed by atoms with Gasteiger partial charge in [0, 0.05) is 31.7 Å². The van der Waals surface area contributed by atoms with E-state index in [0.29, 0.717) is 31.2 Å². The fourth-order valence-electron chi connectivity index (χ4n) is 3.47. The van der Waals surface area contributed by atoms with Crippen LogP contribution in [0.15, 0.2) is 24.4 Å². The van der Waals surface area contributed by atoms with Gasteiger partial charge in [-0.15, -0.1) is 0 Å². The van der Waals surface area contributed by atoms with E-state index in [1.165, 1.54) is 10.6 Å². The first-order chi connectivity index (χ1) is 12.8. The molecule has 2 aromatic rings. The van der Waals surface area contributed by atoms with Crippen molar-refractivity contribution < 1.29 is 13.2 Å². The SMILES string of the molecule is CC[C@H](C)CNC(=O)c1nc([C@@H]2CCCN(S(C)(=O)=O)C2)n2ccccc12. The summed E-state index contributed by atoms with van der Waals surface area (Å²) in [4.78, 5) is 17.4. The molecule has 2 atom stereocenters. The molecule has 27 heavy (non-hydrogen) atoms. The van der Waals surface area contributed by atoms with Gasteiger partial charge in [0.2, 0.25) is 10.0 Å². The highest BCUT2D eigenvalue weighted by Crippen LogP contribution is 2.29. The molecule has 0 saturated carbocycles. The Morgan fingerprint density at radius 2 is 2.19 bits per heavy atom. The fourth-order valence-corrected chi connectivity index (χ4v) is 4.38. The first-order valence-corrected chi connectivity index (χ1v) is 11.4. The molecular weight excluding hydrogens is 364 g/mol. The summed E-state index contributed by atoms with van der Waals surface area (Å²) in [5.74, 6) is 0.956. The largest absolute Gasteiger partial charge is 0.350 e. The molecule has 8 heteroatoms. The number of nitrogens with one attached hydrogen (secondary N) is 1. The number of aromatic nitrogens is 2. The van der Waals surface area contributed by atoms with Crippen LogP contribution >= 0.6 is 0 Å². The highest BCUT2D eigenvalue weighted by molar-refractivity contribution is 7.88. The summed E-state index contributed by atoms with van der Waals surface area (Å²) in [5.41, 5.74) is 1.16. The van der Waals surface area contributed by atoms with Crippen molar-refractivity contribution in [2.75, 3.05) is 25.9 Å².